The second-order valence-electron chi connectivity index (χ2n) is 7.19. The molecule has 1 N–H and O–H groups in total. The lowest BCUT2D eigenvalue weighted by Gasteiger charge is -2.17. The van der Waals surface area contributed by atoms with Crippen molar-refractivity contribution in [1.82, 2.24) is 24.8 Å². The molecule has 0 aliphatic carbocycles. The number of carbonyl (C=O) groups is 1. The van der Waals surface area contributed by atoms with E-state index in [2.05, 4.69) is 51.5 Å². The first-order valence-electron chi connectivity index (χ1n) is 9.29. The van der Waals surface area contributed by atoms with Gasteiger partial charge in [-0.3, -0.25) is 4.79 Å². The number of hydrogen-bond donors (Lipinski definition) is 1. The Hall–Kier alpha value is -3.48. The highest BCUT2D eigenvalue weighted by Crippen LogP contribution is 2.27. The van der Waals surface area contributed by atoms with Gasteiger partial charge in [0.2, 0.25) is 0 Å². The normalized spacial score (nSPS) is 12.4. The molecular formula is C21H22N6O. The Morgan fingerprint density at radius 1 is 1.07 bits per heavy atom. The molecule has 0 bridgehead atoms. The van der Waals surface area contributed by atoms with Gasteiger partial charge in [-0.15, -0.1) is 5.10 Å². The molecule has 4 rings (SSSR count). The fraction of sp³-hybridized carbons (Fsp3) is 0.238. The van der Waals surface area contributed by atoms with Crippen molar-refractivity contribution in [3.63, 3.8) is 0 Å². The van der Waals surface area contributed by atoms with Gasteiger partial charge in [0.15, 0.2) is 6.04 Å². The minimum absolute atomic E-state index is 0.192. The van der Waals surface area contributed by atoms with Gasteiger partial charge in [-0.25, -0.2) is 4.68 Å². The number of aromatic nitrogens is 5. The van der Waals surface area contributed by atoms with E-state index in [4.69, 9.17) is 0 Å². The summed E-state index contributed by atoms with van der Waals surface area (Å²) < 4.78 is 3.68. The summed E-state index contributed by atoms with van der Waals surface area (Å²) in [5, 5.41) is 15.4. The lowest BCUT2D eigenvalue weighted by Crippen LogP contribution is -2.27. The van der Waals surface area contributed by atoms with Crippen LogP contribution in [0.25, 0.3) is 10.9 Å². The van der Waals surface area contributed by atoms with Gasteiger partial charge in [0.25, 0.3) is 5.91 Å². The van der Waals surface area contributed by atoms with E-state index in [1.54, 1.807) is 0 Å². The van der Waals surface area contributed by atoms with Crippen molar-refractivity contribution in [3.8, 4) is 0 Å². The predicted molar refractivity (Wildman–Crippen MR) is 108 cm³/mol. The van der Waals surface area contributed by atoms with Crippen LogP contribution in [0.4, 0.5) is 5.69 Å². The van der Waals surface area contributed by atoms with Crippen LogP contribution in [0.2, 0.25) is 0 Å². The van der Waals surface area contributed by atoms with Crippen molar-refractivity contribution in [2.75, 3.05) is 5.32 Å². The summed E-state index contributed by atoms with van der Waals surface area (Å²) in [4.78, 5) is 13.2. The van der Waals surface area contributed by atoms with Gasteiger partial charge in [0, 0.05) is 18.1 Å². The number of fused-ring (bicyclic) bond motifs is 1. The molecular weight excluding hydrogens is 352 g/mol. The monoisotopic (exact) mass is 374 g/mol. The van der Waals surface area contributed by atoms with Crippen LogP contribution in [0.5, 0.6) is 0 Å². The molecule has 0 aliphatic heterocycles. The maximum atomic E-state index is 13.2. The van der Waals surface area contributed by atoms with Gasteiger partial charge in [-0.05, 0) is 40.1 Å². The first-order valence-corrected chi connectivity index (χ1v) is 9.29. The van der Waals surface area contributed by atoms with E-state index in [0.717, 1.165) is 28.7 Å². The predicted octanol–water partition coefficient (Wildman–Crippen LogP) is 3.51. The Morgan fingerprint density at radius 2 is 1.89 bits per heavy atom. The topological polar surface area (TPSA) is 77.6 Å². The average molecular weight is 374 g/mol. The zero-order chi connectivity index (χ0) is 19.5. The number of hydrogen-bond acceptors (Lipinski definition) is 4. The molecule has 0 spiro atoms. The van der Waals surface area contributed by atoms with Crippen LogP contribution in [-0.4, -0.2) is 30.7 Å². The van der Waals surface area contributed by atoms with E-state index < -0.39 is 6.04 Å². The summed E-state index contributed by atoms with van der Waals surface area (Å²) in [6, 6.07) is 16.8. The highest BCUT2D eigenvalue weighted by Gasteiger charge is 2.24. The number of anilines is 1. The first kappa shape index (κ1) is 17.9. The Kier molecular flexibility index (Phi) is 4.89. The number of rotatable bonds is 6. The van der Waals surface area contributed by atoms with E-state index in [9.17, 15) is 4.79 Å². The van der Waals surface area contributed by atoms with Crippen LogP contribution in [0.1, 0.15) is 25.5 Å². The zero-order valence-corrected chi connectivity index (χ0v) is 15.9. The molecule has 0 saturated heterocycles. The Labute approximate surface area is 163 Å². The van der Waals surface area contributed by atoms with Crippen molar-refractivity contribution < 1.29 is 4.79 Å². The second kappa shape index (κ2) is 7.64. The third kappa shape index (κ3) is 3.51. The van der Waals surface area contributed by atoms with Gasteiger partial charge >= 0.3 is 0 Å². The Bertz CT molecular complexity index is 1070. The largest absolute Gasteiger partial charge is 0.347 e. The highest BCUT2D eigenvalue weighted by molar-refractivity contribution is 6.03. The van der Waals surface area contributed by atoms with Crippen LogP contribution in [0.3, 0.4) is 0 Å². The minimum Gasteiger partial charge on any atom is -0.347 e. The SMILES string of the molecule is CC(C)Cn1ccc2c(NC(=O)C(c3ccccc3)n3cnnn3)cccc21. The molecule has 1 unspecified atom stereocenters. The lowest BCUT2D eigenvalue weighted by molar-refractivity contribution is -0.118. The number of nitrogens with zero attached hydrogens (tertiary/aromatic N) is 5. The molecule has 0 aliphatic rings. The average Bonchev–Trinajstić information content (AvgIpc) is 3.34. The molecule has 1 atom stereocenters. The summed E-state index contributed by atoms with van der Waals surface area (Å²) in [6.07, 6.45) is 3.52. The second-order valence-corrected chi connectivity index (χ2v) is 7.19. The number of tetrazole rings is 1. The maximum Gasteiger partial charge on any atom is 0.253 e. The van der Waals surface area contributed by atoms with E-state index in [-0.39, 0.29) is 5.91 Å². The summed E-state index contributed by atoms with van der Waals surface area (Å²) in [6.45, 7) is 5.31. The fourth-order valence-electron chi connectivity index (χ4n) is 3.43. The highest BCUT2D eigenvalue weighted by atomic mass is 16.2. The summed E-state index contributed by atoms with van der Waals surface area (Å²) >= 11 is 0. The van der Waals surface area contributed by atoms with E-state index in [1.165, 1.54) is 11.0 Å². The minimum atomic E-state index is -0.649. The number of benzene rings is 2. The van der Waals surface area contributed by atoms with E-state index >= 15 is 0 Å². The standard InChI is InChI=1S/C21H22N6O/c1-15(2)13-26-12-11-17-18(9-6-10-19(17)26)23-21(28)20(27-14-22-24-25-27)16-7-4-3-5-8-16/h3-12,14-15,20H,13H2,1-2H3,(H,23,28). The molecule has 0 saturated carbocycles. The van der Waals surface area contributed by atoms with Gasteiger partial charge in [-0.2, -0.15) is 0 Å². The van der Waals surface area contributed by atoms with Gasteiger partial charge in [-0.1, -0.05) is 50.2 Å². The van der Waals surface area contributed by atoms with E-state index in [1.807, 2.05) is 48.5 Å². The maximum absolute atomic E-state index is 13.2. The molecule has 1 amide bonds. The molecule has 2 aromatic heterocycles. The molecule has 2 heterocycles. The fourth-order valence-corrected chi connectivity index (χ4v) is 3.43. The lowest BCUT2D eigenvalue weighted by atomic mass is 10.1. The molecule has 4 aromatic rings. The summed E-state index contributed by atoms with van der Waals surface area (Å²) in [5.41, 5.74) is 2.70. The Morgan fingerprint density at radius 3 is 2.61 bits per heavy atom. The Balaban J connectivity index is 1.68. The molecule has 0 radical (unpaired) electrons. The first-order chi connectivity index (χ1) is 13.6. The third-order valence-electron chi connectivity index (χ3n) is 4.63. The molecule has 2 aromatic carbocycles. The van der Waals surface area contributed by atoms with Crippen molar-refractivity contribution in [1.29, 1.82) is 0 Å². The van der Waals surface area contributed by atoms with Crippen LogP contribution in [0.15, 0.2) is 67.1 Å². The van der Waals surface area contributed by atoms with Crippen molar-refractivity contribution in [2.24, 2.45) is 5.92 Å². The van der Waals surface area contributed by atoms with Gasteiger partial charge in [0.1, 0.15) is 6.33 Å². The molecule has 142 valence electrons. The molecule has 28 heavy (non-hydrogen) atoms. The zero-order valence-electron chi connectivity index (χ0n) is 15.9. The number of amides is 1. The van der Waals surface area contributed by atoms with Crippen molar-refractivity contribution >= 4 is 22.5 Å². The molecule has 7 nitrogen and oxygen atoms in total. The van der Waals surface area contributed by atoms with Gasteiger partial charge in [0.05, 0.1) is 11.2 Å². The number of carbonyl (C=O) groups excluding carboxylic acids is 1. The quantitative estimate of drug-likeness (QED) is 0.560. The van der Waals surface area contributed by atoms with Crippen LogP contribution in [-0.2, 0) is 11.3 Å². The van der Waals surface area contributed by atoms with Crippen molar-refractivity contribution in [3.05, 3.63) is 72.7 Å². The molecule has 0 fully saturated rings. The smallest absolute Gasteiger partial charge is 0.253 e. The summed E-state index contributed by atoms with van der Waals surface area (Å²) in [5.74, 6) is 0.346. The third-order valence-corrected chi connectivity index (χ3v) is 4.63. The van der Waals surface area contributed by atoms with Crippen molar-refractivity contribution in [2.45, 2.75) is 26.4 Å². The van der Waals surface area contributed by atoms with E-state index in [0.29, 0.717) is 5.92 Å². The van der Waals surface area contributed by atoms with Crippen LogP contribution in [0, 0.1) is 5.92 Å². The molecule has 7 heteroatoms. The van der Waals surface area contributed by atoms with Crippen LogP contribution >= 0.6 is 0 Å². The van der Waals surface area contributed by atoms with Crippen LogP contribution < -0.4 is 5.32 Å². The van der Waals surface area contributed by atoms with Gasteiger partial charge < -0.3 is 9.88 Å². The summed E-state index contributed by atoms with van der Waals surface area (Å²) in [7, 11) is 0. The number of nitrogens with one attached hydrogen (secondary N) is 1.